The third kappa shape index (κ3) is 2.46. The zero-order chi connectivity index (χ0) is 16.7. The van der Waals surface area contributed by atoms with Crippen molar-refractivity contribution < 1.29 is 4.74 Å². The molecule has 0 amide bonds. The van der Waals surface area contributed by atoms with Crippen LogP contribution in [0.3, 0.4) is 0 Å². The first kappa shape index (κ1) is 15.5. The van der Waals surface area contributed by atoms with Crippen LogP contribution in [0.2, 0.25) is 0 Å². The van der Waals surface area contributed by atoms with E-state index in [0.29, 0.717) is 17.6 Å². The predicted molar refractivity (Wildman–Crippen MR) is 98.4 cm³/mol. The van der Waals surface area contributed by atoms with E-state index in [2.05, 4.69) is 36.1 Å². The number of hydrogen-bond acceptors (Lipinski definition) is 5. The van der Waals surface area contributed by atoms with E-state index >= 15 is 0 Å². The van der Waals surface area contributed by atoms with Crippen molar-refractivity contribution in [1.29, 1.82) is 0 Å². The number of benzene rings is 1. The lowest BCUT2D eigenvalue weighted by Crippen LogP contribution is -2.01. The minimum Gasteiger partial charge on any atom is -0.472 e. The summed E-state index contributed by atoms with van der Waals surface area (Å²) in [6.07, 6.45) is 1.95. The van der Waals surface area contributed by atoms with Crippen LogP contribution in [0.15, 0.2) is 40.1 Å². The Labute approximate surface area is 150 Å². The molecule has 4 aromatic rings. The number of H-pyrrole nitrogens is 1. The van der Waals surface area contributed by atoms with Crippen LogP contribution in [0.1, 0.15) is 5.56 Å². The Kier molecular flexibility index (Phi) is 3.93. The molecule has 0 aliphatic rings. The van der Waals surface area contributed by atoms with Gasteiger partial charge in [0.15, 0.2) is 16.5 Å². The molecule has 3 aromatic heterocycles. The first-order valence-electron chi connectivity index (χ1n) is 7.29. The number of aromatic amines is 1. The van der Waals surface area contributed by atoms with Crippen molar-refractivity contribution in [3.05, 3.63) is 40.5 Å². The molecular formula is C16H14BrN5OS. The summed E-state index contributed by atoms with van der Waals surface area (Å²) in [5.41, 5.74) is 2.71. The molecule has 6 nitrogen and oxygen atoms in total. The van der Waals surface area contributed by atoms with Gasteiger partial charge in [0.1, 0.15) is 11.2 Å². The Morgan fingerprint density at radius 1 is 1.17 bits per heavy atom. The molecule has 1 N–H and O–H groups in total. The quantitative estimate of drug-likeness (QED) is 0.413. The van der Waals surface area contributed by atoms with E-state index in [0.717, 1.165) is 32.2 Å². The Balaban J connectivity index is 1.89. The highest BCUT2D eigenvalue weighted by Gasteiger charge is 2.21. The second-order valence-electron chi connectivity index (χ2n) is 5.28. The number of rotatable bonds is 4. The van der Waals surface area contributed by atoms with E-state index < -0.39 is 0 Å². The van der Waals surface area contributed by atoms with Crippen molar-refractivity contribution in [3.8, 4) is 5.88 Å². The van der Waals surface area contributed by atoms with Crippen molar-refractivity contribution in [1.82, 2.24) is 24.7 Å². The highest BCUT2D eigenvalue weighted by atomic mass is 79.9. The molecule has 24 heavy (non-hydrogen) atoms. The molecule has 0 aliphatic carbocycles. The van der Waals surface area contributed by atoms with Gasteiger partial charge in [-0.05, 0) is 27.7 Å². The van der Waals surface area contributed by atoms with Gasteiger partial charge in [0.25, 0.3) is 0 Å². The first-order chi connectivity index (χ1) is 11.7. The number of ether oxygens (including phenoxy) is 1. The van der Waals surface area contributed by atoms with Crippen LogP contribution in [0, 0.1) is 0 Å². The van der Waals surface area contributed by atoms with Gasteiger partial charge in [-0.3, -0.25) is 5.10 Å². The van der Waals surface area contributed by atoms with E-state index in [1.54, 1.807) is 0 Å². The first-order valence-corrected chi connectivity index (χ1v) is 9.31. The molecule has 0 atom stereocenters. The fourth-order valence-electron chi connectivity index (χ4n) is 2.67. The molecule has 0 aliphatic heterocycles. The largest absolute Gasteiger partial charge is 0.472 e. The van der Waals surface area contributed by atoms with E-state index in [-0.39, 0.29) is 0 Å². The fraction of sp³-hybridized carbons (Fsp3) is 0.188. The average Bonchev–Trinajstić information content (AvgIpc) is 3.13. The summed E-state index contributed by atoms with van der Waals surface area (Å²) in [7, 11) is 1.94. The van der Waals surface area contributed by atoms with E-state index in [1.807, 2.05) is 48.2 Å². The maximum absolute atomic E-state index is 6.05. The minimum atomic E-state index is 0.451. The lowest BCUT2D eigenvalue weighted by atomic mass is 10.2. The van der Waals surface area contributed by atoms with Crippen molar-refractivity contribution in [2.75, 3.05) is 6.26 Å². The standard InChI is InChI=1S/C16H14BrN5OS/c1-22-13-11(10-12(17)20-21-14(10)22)15(19-16(18-13)24-2)23-8-9-6-4-3-5-7-9/h3-7H,8H2,1-2H3,(H,20,21). The molecule has 1 aromatic carbocycles. The smallest absolute Gasteiger partial charge is 0.228 e. The molecule has 0 unspecified atom stereocenters. The second-order valence-corrected chi connectivity index (χ2v) is 6.85. The average molecular weight is 404 g/mol. The van der Waals surface area contributed by atoms with Crippen LogP contribution in [-0.4, -0.2) is 31.0 Å². The number of halogens is 1. The van der Waals surface area contributed by atoms with Gasteiger partial charge in [0, 0.05) is 7.05 Å². The van der Waals surface area contributed by atoms with Crippen LogP contribution < -0.4 is 4.74 Å². The summed E-state index contributed by atoms with van der Waals surface area (Å²) in [4.78, 5) is 9.19. The summed E-state index contributed by atoms with van der Waals surface area (Å²) in [5.74, 6) is 0.570. The number of hydrogen-bond donors (Lipinski definition) is 1. The third-order valence-electron chi connectivity index (χ3n) is 3.83. The number of thioether (sulfide) groups is 1. The van der Waals surface area contributed by atoms with Gasteiger partial charge in [-0.1, -0.05) is 42.1 Å². The molecule has 122 valence electrons. The Morgan fingerprint density at radius 3 is 2.71 bits per heavy atom. The van der Waals surface area contributed by atoms with Crippen molar-refractivity contribution in [2.24, 2.45) is 7.05 Å². The predicted octanol–water partition coefficient (Wildman–Crippen LogP) is 3.91. The molecule has 0 saturated heterocycles. The second kappa shape index (κ2) is 6.10. The normalized spacial score (nSPS) is 11.5. The van der Waals surface area contributed by atoms with Crippen molar-refractivity contribution >= 4 is 49.8 Å². The van der Waals surface area contributed by atoms with E-state index in [9.17, 15) is 0 Å². The molecular weight excluding hydrogens is 390 g/mol. The van der Waals surface area contributed by atoms with Crippen molar-refractivity contribution in [2.45, 2.75) is 11.8 Å². The Hall–Kier alpha value is -2.06. The van der Waals surface area contributed by atoms with Gasteiger partial charge in [-0.2, -0.15) is 10.1 Å². The van der Waals surface area contributed by atoms with Gasteiger partial charge in [-0.15, -0.1) is 0 Å². The fourth-order valence-corrected chi connectivity index (χ4v) is 3.49. The number of fused-ring (bicyclic) bond motifs is 3. The molecule has 0 bridgehead atoms. The van der Waals surface area contributed by atoms with Crippen molar-refractivity contribution in [3.63, 3.8) is 0 Å². The van der Waals surface area contributed by atoms with Gasteiger partial charge >= 0.3 is 0 Å². The van der Waals surface area contributed by atoms with Gasteiger partial charge < -0.3 is 9.30 Å². The summed E-state index contributed by atoms with van der Waals surface area (Å²) in [6, 6.07) is 10.0. The van der Waals surface area contributed by atoms with Crippen LogP contribution in [0.25, 0.3) is 22.1 Å². The SMILES string of the molecule is CSc1nc(OCc2ccccc2)c2c3c(Br)[nH]nc3n(C)c2n1. The molecule has 0 saturated carbocycles. The van der Waals surface area contributed by atoms with Crippen LogP contribution in [0.4, 0.5) is 0 Å². The summed E-state index contributed by atoms with van der Waals surface area (Å²) < 4.78 is 8.80. The van der Waals surface area contributed by atoms with Crippen LogP contribution in [-0.2, 0) is 13.7 Å². The zero-order valence-electron chi connectivity index (χ0n) is 13.1. The molecule has 8 heteroatoms. The molecule has 0 fully saturated rings. The maximum atomic E-state index is 6.05. The molecule has 3 heterocycles. The Morgan fingerprint density at radius 2 is 1.96 bits per heavy atom. The van der Waals surface area contributed by atoms with Gasteiger partial charge in [-0.25, -0.2) is 4.98 Å². The Bertz CT molecular complexity index is 1030. The summed E-state index contributed by atoms with van der Waals surface area (Å²) in [6.45, 7) is 0.451. The lowest BCUT2D eigenvalue weighted by Gasteiger charge is -2.08. The summed E-state index contributed by atoms with van der Waals surface area (Å²) in [5, 5.41) is 9.75. The molecule has 0 radical (unpaired) electrons. The maximum Gasteiger partial charge on any atom is 0.228 e. The number of aromatic nitrogens is 5. The highest BCUT2D eigenvalue weighted by Crippen LogP contribution is 2.37. The minimum absolute atomic E-state index is 0.451. The number of nitrogens with one attached hydrogen (secondary N) is 1. The third-order valence-corrected chi connectivity index (χ3v) is 4.95. The monoisotopic (exact) mass is 403 g/mol. The lowest BCUT2D eigenvalue weighted by molar-refractivity contribution is 0.295. The topological polar surface area (TPSA) is 68.6 Å². The van der Waals surface area contributed by atoms with Gasteiger partial charge in [0.05, 0.1) is 10.8 Å². The zero-order valence-corrected chi connectivity index (χ0v) is 15.5. The van der Waals surface area contributed by atoms with Gasteiger partial charge in [0.2, 0.25) is 5.88 Å². The number of nitrogens with zero attached hydrogens (tertiary/aromatic N) is 4. The van der Waals surface area contributed by atoms with Crippen LogP contribution in [0.5, 0.6) is 5.88 Å². The molecule has 0 spiro atoms. The highest BCUT2D eigenvalue weighted by molar-refractivity contribution is 9.10. The molecule has 4 rings (SSSR count). The summed E-state index contributed by atoms with van der Waals surface area (Å²) >= 11 is 5.01. The number of aryl methyl sites for hydroxylation is 1. The van der Waals surface area contributed by atoms with E-state index in [1.165, 1.54) is 11.8 Å². The van der Waals surface area contributed by atoms with Crippen LogP contribution >= 0.6 is 27.7 Å². The van der Waals surface area contributed by atoms with E-state index in [4.69, 9.17) is 4.74 Å².